The topological polar surface area (TPSA) is 118 Å². The molecule has 0 spiro atoms. The van der Waals surface area contributed by atoms with E-state index in [9.17, 15) is 28.7 Å². The van der Waals surface area contributed by atoms with Crippen LogP contribution in [0.15, 0.2) is 0 Å². The van der Waals surface area contributed by atoms with Gasteiger partial charge in [0, 0.05) is 6.54 Å². The third-order valence-corrected chi connectivity index (χ3v) is 7.58. The van der Waals surface area contributed by atoms with Gasteiger partial charge in [0.15, 0.2) is 4.90 Å². The van der Waals surface area contributed by atoms with Crippen molar-refractivity contribution < 1.29 is 28.7 Å². The van der Waals surface area contributed by atoms with E-state index in [-0.39, 0.29) is 6.54 Å². The fourth-order valence-electron chi connectivity index (χ4n) is 1.90. The molecule has 1 fully saturated rings. The third kappa shape index (κ3) is 3.38. The number of likely N-dealkylation sites (tertiary alicyclic amines) is 1. The molecule has 9 heteroatoms. The van der Waals surface area contributed by atoms with Gasteiger partial charge >= 0.3 is 15.2 Å². The highest BCUT2D eigenvalue weighted by Gasteiger charge is 2.57. The lowest BCUT2D eigenvalue weighted by molar-refractivity contribution is 0.201. The van der Waals surface area contributed by atoms with Crippen molar-refractivity contribution in [2.24, 2.45) is 0 Å². The van der Waals surface area contributed by atoms with Crippen LogP contribution in [0.2, 0.25) is 0 Å². The molecule has 1 rings (SSSR count). The maximum Gasteiger partial charge on any atom is 0.344 e. The van der Waals surface area contributed by atoms with Crippen LogP contribution >= 0.6 is 15.2 Å². The highest BCUT2D eigenvalue weighted by atomic mass is 31.2. The van der Waals surface area contributed by atoms with Crippen LogP contribution in [0.5, 0.6) is 0 Å². The van der Waals surface area contributed by atoms with Gasteiger partial charge in [0.1, 0.15) is 0 Å². The Morgan fingerprint density at radius 2 is 1.41 bits per heavy atom. The van der Waals surface area contributed by atoms with Gasteiger partial charge < -0.3 is 24.5 Å². The van der Waals surface area contributed by atoms with Crippen molar-refractivity contribution in [3.05, 3.63) is 0 Å². The van der Waals surface area contributed by atoms with Crippen LogP contribution in [0, 0.1) is 0 Å². The van der Waals surface area contributed by atoms with E-state index in [0.717, 1.165) is 26.2 Å². The predicted octanol–water partition coefficient (Wildman–Crippen LogP) is 0.544. The number of piperidine rings is 1. The van der Waals surface area contributed by atoms with Gasteiger partial charge in [-0.1, -0.05) is 6.42 Å². The summed E-state index contributed by atoms with van der Waals surface area (Å²) in [5.41, 5.74) is 0. The van der Waals surface area contributed by atoms with Crippen molar-refractivity contribution >= 4 is 15.2 Å². The van der Waals surface area contributed by atoms with E-state index in [1.54, 1.807) is 4.90 Å². The second-order valence-corrected chi connectivity index (χ2v) is 9.14. The molecule has 0 aromatic heterocycles. The SMILES string of the molecule is CC(CN1CCCCC1)(P(=O)(O)O)P(=O)(O)O. The Morgan fingerprint density at radius 1 is 1.00 bits per heavy atom. The summed E-state index contributed by atoms with van der Waals surface area (Å²) in [6, 6.07) is 0. The maximum absolute atomic E-state index is 11.3. The fraction of sp³-hybridized carbons (Fsp3) is 1.00. The summed E-state index contributed by atoms with van der Waals surface area (Å²) in [4.78, 5) is 36.2. The third-order valence-electron chi connectivity index (χ3n) is 3.23. The van der Waals surface area contributed by atoms with Gasteiger partial charge in [0.25, 0.3) is 0 Å². The first kappa shape index (κ1) is 15.3. The smallest absolute Gasteiger partial charge is 0.324 e. The van der Waals surface area contributed by atoms with Gasteiger partial charge in [0.05, 0.1) is 0 Å². The summed E-state index contributed by atoms with van der Waals surface area (Å²) in [6.07, 6.45) is 2.82. The van der Waals surface area contributed by atoms with E-state index in [1.807, 2.05) is 0 Å². The van der Waals surface area contributed by atoms with E-state index in [1.165, 1.54) is 0 Å². The molecule has 102 valence electrons. The van der Waals surface area contributed by atoms with Crippen LogP contribution in [0.1, 0.15) is 26.2 Å². The lowest BCUT2D eigenvalue weighted by atomic mass is 10.1. The molecule has 1 saturated heterocycles. The zero-order valence-electron chi connectivity index (χ0n) is 9.69. The Hall–Kier alpha value is 0.260. The van der Waals surface area contributed by atoms with Crippen LogP contribution in [-0.4, -0.2) is 49.0 Å². The molecule has 0 aromatic carbocycles. The highest BCUT2D eigenvalue weighted by molar-refractivity contribution is 7.72. The average molecular weight is 287 g/mol. The summed E-state index contributed by atoms with van der Waals surface area (Å²) in [5.74, 6) is 0. The largest absolute Gasteiger partial charge is 0.344 e. The zero-order chi connectivity index (χ0) is 13.3. The van der Waals surface area contributed by atoms with Gasteiger partial charge in [0.2, 0.25) is 0 Å². The van der Waals surface area contributed by atoms with Gasteiger partial charge in [-0.15, -0.1) is 0 Å². The van der Waals surface area contributed by atoms with Crippen LogP contribution in [0.4, 0.5) is 0 Å². The quantitative estimate of drug-likeness (QED) is 0.557. The number of hydrogen-bond acceptors (Lipinski definition) is 3. The number of hydrogen-bond donors (Lipinski definition) is 4. The molecule has 4 N–H and O–H groups in total. The molecular formula is C8H19NO6P2. The summed E-state index contributed by atoms with van der Waals surface area (Å²) in [6.45, 7) is 1.93. The van der Waals surface area contributed by atoms with Crippen molar-refractivity contribution in [3.8, 4) is 0 Å². The first-order valence-electron chi connectivity index (χ1n) is 5.41. The summed E-state index contributed by atoms with van der Waals surface area (Å²) < 4.78 is 22.7. The lowest BCUT2D eigenvalue weighted by Gasteiger charge is -2.37. The van der Waals surface area contributed by atoms with Crippen molar-refractivity contribution in [2.75, 3.05) is 19.6 Å². The van der Waals surface area contributed by atoms with E-state index in [4.69, 9.17) is 0 Å². The molecule has 0 aliphatic carbocycles. The minimum absolute atomic E-state index is 0.276. The number of rotatable bonds is 4. The molecule has 1 aliphatic rings. The molecule has 0 saturated carbocycles. The molecule has 1 aliphatic heterocycles. The Bertz CT molecular complexity index is 333. The van der Waals surface area contributed by atoms with Gasteiger partial charge in [-0.3, -0.25) is 9.13 Å². The van der Waals surface area contributed by atoms with Crippen LogP contribution < -0.4 is 0 Å². The van der Waals surface area contributed by atoms with E-state index >= 15 is 0 Å². The molecule has 17 heavy (non-hydrogen) atoms. The average Bonchev–Trinajstić information content (AvgIpc) is 2.15. The second-order valence-electron chi connectivity index (χ2n) is 4.64. The van der Waals surface area contributed by atoms with E-state index < -0.39 is 20.1 Å². The fourth-order valence-corrected chi connectivity index (χ4v) is 4.02. The molecular weight excluding hydrogens is 268 g/mol. The Morgan fingerprint density at radius 3 is 1.76 bits per heavy atom. The minimum atomic E-state index is -4.88. The molecule has 0 aromatic rings. The van der Waals surface area contributed by atoms with E-state index in [0.29, 0.717) is 13.1 Å². The van der Waals surface area contributed by atoms with Crippen LogP contribution in [-0.2, 0) is 9.13 Å². The molecule has 7 nitrogen and oxygen atoms in total. The van der Waals surface area contributed by atoms with Crippen LogP contribution in [0.3, 0.4) is 0 Å². The normalized spacial score (nSPS) is 20.5. The Kier molecular flexibility index (Phi) is 4.59. The van der Waals surface area contributed by atoms with E-state index in [2.05, 4.69) is 0 Å². The van der Waals surface area contributed by atoms with Crippen molar-refractivity contribution in [1.29, 1.82) is 0 Å². The second kappa shape index (κ2) is 5.10. The van der Waals surface area contributed by atoms with Gasteiger partial charge in [-0.2, -0.15) is 0 Å². The van der Waals surface area contributed by atoms with Crippen molar-refractivity contribution in [1.82, 2.24) is 4.90 Å². The van der Waals surface area contributed by atoms with Crippen molar-refractivity contribution in [3.63, 3.8) is 0 Å². The Balaban J connectivity index is 2.92. The summed E-state index contributed by atoms with van der Waals surface area (Å²) in [5, 5.41) is 0. The highest BCUT2D eigenvalue weighted by Crippen LogP contribution is 2.68. The standard InChI is InChI=1S/C8H19NO6P2/c1-8(16(10,11)12,17(13,14)15)7-9-5-3-2-4-6-9/h2-7H2,1H3,(H2,10,11,12)(H2,13,14,15). The van der Waals surface area contributed by atoms with Gasteiger partial charge in [-0.25, -0.2) is 0 Å². The Labute approximate surface area is 100 Å². The zero-order valence-corrected chi connectivity index (χ0v) is 11.5. The maximum atomic E-state index is 11.3. The molecule has 1 heterocycles. The predicted molar refractivity (Wildman–Crippen MR) is 62.8 cm³/mol. The lowest BCUT2D eigenvalue weighted by Crippen LogP contribution is -2.42. The van der Waals surface area contributed by atoms with Crippen molar-refractivity contribution in [2.45, 2.75) is 31.1 Å². The first-order valence-corrected chi connectivity index (χ1v) is 8.64. The first-order chi connectivity index (χ1) is 7.58. The summed E-state index contributed by atoms with van der Waals surface area (Å²) in [7, 11) is -9.76. The monoisotopic (exact) mass is 287 g/mol. The van der Waals surface area contributed by atoms with Gasteiger partial charge in [-0.05, 0) is 32.9 Å². The molecule has 0 radical (unpaired) electrons. The van der Waals surface area contributed by atoms with Crippen LogP contribution in [0.25, 0.3) is 0 Å². The molecule has 0 atom stereocenters. The molecule has 0 amide bonds. The number of nitrogens with zero attached hydrogens (tertiary/aromatic N) is 1. The minimum Gasteiger partial charge on any atom is -0.324 e. The molecule has 0 unspecified atom stereocenters. The molecule has 0 bridgehead atoms. The summed E-state index contributed by atoms with van der Waals surface area (Å²) >= 11 is 0.